The lowest BCUT2D eigenvalue weighted by atomic mass is 9.92. The Labute approximate surface area is 187 Å². The van der Waals surface area contributed by atoms with Gasteiger partial charge in [0.1, 0.15) is 0 Å². The van der Waals surface area contributed by atoms with E-state index < -0.39 is 0 Å². The number of likely N-dealkylation sites (tertiary alicyclic amines) is 1. The van der Waals surface area contributed by atoms with Crippen molar-refractivity contribution in [2.45, 2.75) is 70.3 Å². The van der Waals surface area contributed by atoms with Gasteiger partial charge in [0.25, 0.3) is 5.91 Å². The van der Waals surface area contributed by atoms with Gasteiger partial charge in [0.15, 0.2) is 0 Å². The van der Waals surface area contributed by atoms with Crippen molar-refractivity contribution in [1.82, 2.24) is 15.0 Å². The Bertz CT molecular complexity index is 938. The van der Waals surface area contributed by atoms with Gasteiger partial charge in [0.2, 0.25) is 11.7 Å². The maximum absolute atomic E-state index is 13.2. The van der Waals surface area contributed by atoms with Gasteiger partial charge in [-0.15, -0.1) is 11.3 Å². The number of hydrogen-bond donors (Lipinski definition) is 0. The van der Waals surface area contributed by atoms with E-state index in [4.69, 9.17) is 4.52 Å². The first-order valence-electron chi connectivity index (χ1n) is 11.8. The quantitative estimate of drug-likeness (QED) is 0.685. The van der Waals surface area contributed by atoms with E-state index in [-0.39, 0.29) is 23.8 Å². The van der Waals surface area contributed by atoms with E-state index in [9.17, 15) is 9.59 Å². The van der Waals surface area contributed by atoms with E-state index in [2.05, 4.69) is 23.5 Å². The van der Waals surface area contributed by atoms with E-state index >= 15 is 0 Å². The molecule has 7 heteroatoms. The largest absolute Gasteiger partial charge is 0.351 e. The Morgan fingerprint density at radius 1 is 1.16 bits per heavy atom. The summed E-state index contributed by atoms with van der Waals surface area (Å²) in [6, 6.07) is 4.11. The first-order chi connectivity index (χ1) is 15.2. The molecule has 2 aliphatic heterocycles. The van der Waals surface area contributed by atoms with Crippen LogP contribution in [-0.2, 0) is 11.2 Å². The minimum absolute atomic E-state index is 0.0590. The number of piperidine rings is 1. The highest BCUT2D eigenvalue weighted by molar-refractivity contribution is 7.10. The highest BCUT2D eigenvalue weighted by Crippen LogP contribution is 2.37. The predicted molar refractivity (Wildman–Crippen MR) is 119 cm³/mol. The van der Waals surface area contributed by atoms with Crippen LogP contribution in [0.4, 0.5) is 0 Å². The second-order valence-corrected chi connectivity index (χ2v) is 10.2. The molecule has 1 atom stereocenters. The molecule has 0 spiro atoms. The molecule has 31 heavy (non-hydrogen) atoms. The number of nitrogens with zero attached hydrogens (tertiary/aromatic N) is 3. The molecule has 2 aromatic rings. The SMILES string of the molecule is CC[C@@H]1c2ccsc2CCN1C(=O)c1cc(C2CCN(C(=O)C3CCCC3)CC2)no1. The fourth-order valence-electron chi connectivity index (χ4n) is 5.63. The maximum Gasteiger partial charge on any atom is 0.292 e. The van der Waals surface area contributed by atoms with Crippen LogP contribution in [-0.4, -0.2) is 46.4 Å². The van der Waals surface area contributed by atoms with E-state index in [1.54, 1.807) is 11.3 Å². The lowest BCUT2D eigenvalue weighted by Crippen LogP contribution is -2.40. The zero-order valence-electron chi connectivity index (χ0n) is 18.2. The van der Waals surface area contributed by atoms with Gasteiger partial charge >= 0.3 is 0 Å². The lowest BCUT2D eigenvalue weighted by molar-refractivity contribution is -0.136. The molecule has 3 aliphatic rings. The minimum Gasteiger partial charge on any atom is -0.351 e. The smallest absolute Gasteiger partial charge is 0.292 e. The van der Waals surface area contributed by atoms with E-state index in [1.807, 2.05) is 15.9 Å². The Morgan fingerprint density at radius 3 is 2.68 bits per heavy atom. The van der Waals surface area contributed by atoms with Crippen molar-refractivity contribution in [2.75, 3.05) is 19.6 Å². The monoisotopic (exact) mass is 441 g/mol. The zero-order valence-corrected chi connectivity index (χ0v) is 19.0. The van der Waals surface area contributed by atoms with Crippen LogP contribution in [0.5, 0.6) is 0 Å². The molecule has 2 amide bonds. The molecule has 0 bridgehead atoms. The number of hydrogen-bond acceptors (Lipinski definition) is 5. The third kappa shape index (κ3) is 3.93. The van der Waals surface area contributed by atoms with E-state index in [1.165, 1.54) is 23.3 Å². The fourth-order valence-corrected chi connectivity index (χ4v) is 6.56. The Morgan fingerprint density at radius 2 is 1.94 bits per heavy atom. The van der Waals surface area contributed by atoms with Crippen LogP contribution in [0.2, 0.25) is 0 Å². The van der Waals surface area contributed by atoms with E-state index in [0.29, 0.717) is 11.7 Å². The fraction of sp³-hybridized carbons (Fsp3) is 0.625. The summed E-state index contributed by atoms with van der Waals surface area (Å²) >= 11 is 1.79. The van der Waals surface area contributed by atoms with Gasteiger partial charge in [0, 0.05) is 42.4 Å². The molecule has 0 aromatic carbocycles. The van der Waals surface area contributed by atoms with Crippen LogP contribution in [0.3, 0.4) is 0 Å². The molecular weight excluding hydrogens is 410 g/mol. The number of carbonyl (C=O) groups is 2. The average molecular weight is 442 g/mol. The first-order valence-corrected chi connectivity index (χ1v) is 12.7. The van der Waals surface area contributed by atoms with Crippen molar-refractivity contribution in [3.63, 3.8) is 0 Å². The highest BCUT2D eigenvalue weighted by atomic mass is 32.1. The van der Waals surface area contributed by atoms with Crippen LogP contribution in [0.15, 0.2) is 22.0 Å². The molecule has 1 saturated carbocycles. The van der Waals surface area contributed by atoms with Gasteiger partial charge in [-0.3, -0.25) is 9.59 Å². The number of fused-ring (bicyclic) bond motifs is 1. The standard InChI is InChI=1S/C24H31N3O3S/c1-2-20-18-10-14-31-22(18)9-13-27(20)24(29)21-15-19(25-30-21)16-7-11-26(12-8-16)23(28)17-5-3-4-6-17/h10,14-17,20H,2-9,11-13H2,1H3/t20-/m1/s1. The van der Waals surface area contributed by atoms with Gasteiger partial charge in [-0.05, 0) is 55.5 Å². The van der Waals surface area contributed by atoms with Gasteiger partial charge in [-0.2, -0.15) is 0 Å². The van der Waals surface area contributed by atoms with Crippen molar-refractivity contribution >= 4 is 23.2 Å². The van der Waals surface area contributed by atoms with Crippen LogP contribution in [0.1, 0.15) is 90.5 Å². The summed E-state index contributed by atoms with van der Waals surface area (Å²) in [7, 11) is 0. The summed E-state index contributed by atoms with van der Waals surface area (Å²) in [5.41, 5.74) is 2.14. The molecule has 1 aliphatic carbocycles. The molecule has 4 heterocycles. The van der Waals surface area contributed by atoms with Crippen molar-refractivity contribution in [2.24, 2.45) is 5.92 Å². The molecule has 1 saturated heterocycles. The summed E-state index contributed by atoms with van der Waals surface area (Å²) in [4.78, 5) is 31.3. The number of amides is 2. The molecule has 0 unspecified atom stereocenters. The van der Waals surface area contributed by atoms with Crippen molar-refractivity contribution < 1.29 is 14.1 Å². The molecule has 0 N–H and O–H groups in total. The molecular formula is C24H31N3O3S. The Kier molecular flexibility index (Phi) is 5.87. The Balaban J connectivity index is 1.22. The summed E-state index contributed by atoms with van der Waals surface area (Å²) < 4.78 is 5.53. The third-order valence-electron chi connectivity index (χ3n) is 7.41. The minimum atomic E-state index is -0.0590. The van der Waals surface area contributed by atoms with Crippen molar-refractivity contribution in [3.8, 4) is 0 Å². The number of thiophene rings is 1. The molecule has 2 fully saturated rings. The average Bonchev–Trinajstić information content (AvgIpc) is 3.58. The number of aromatic nitrogens is 1. The first kappa shape index (κ1) is 20.7. The summed E-state index contributed by atoms with van der Waals surface area (Å²) in [6.07, 6.45) is 8.05. The number of rotatable bonds is 4. The summed E-state index contributed by atoms with van der Waals surface area (Å²) in [6.45, 7) is 4.41. The zero-order chi connectivity index (χ0) is 21.4. The highest BCUT2D eigenvalue weighted by Gasteiger charge is 2.34. The normalized spacial score (nSPS) is 22.7. The van der Waals surface area contributed by atoms with Gasteiger partial charge in [-0.1, -0.05) is 24.9 Å². The predicted octanol–water partition coefficient (Wildman–Crippen LogP) is 4.78. The number of carbonyl (C=O) groups excluding carboxylic acids is 2. The molecule has 5 rings (SSSR count). The second-order valence-electron chi connectivity index (χ2n) is 9.17. The molecule has 166 valence electrons. The van der Waals surface area contributed by atoms with Crippen LogP contribution in [0, 0.1) is 5.92 Å². The van der Waals surface area contributed by atoms with Gasteiger partial charge in [0.05, 0.1) is 11.7 Å². The Hall–Kier alpha value is -2.15. The molecule has 0 radical (unpaired) electrons. The topological polar surface area (TPSA) is 66.7 Å². The molecule has 2 aromatic heterocycles. The second kappa shape index (κ2) is 8.77. The van der Waals surface area contributed by atoms with Crippen molar-refractivity contribution in [3.05, 3.63) is 39.4 Å². The summed E-state index contributed by atoms with van der Waals surface area (Å²) in [5, 5.41) is 6.39. The van der Waals surface area contributed by atoms with Crippen LogP contribution in [0.25, 0.3) is 0 Å². The molecule has 6 nitrogen and oxygen atoms in total. The maximum atomic E-state index is 13.2. The van der Waals surface area contributed by atoms with E-state index in [0.717, 1.165) is 63.9 Å². The van der Waals surface area contributed by atoms with Gasteiger partial charge in [-0.25, -0.2) is 0 Å². The van der Waals surface area contributed by atoms with Crippen molar-refractivity contribution in [1.29, 1.82) is 0 Å². The summed E-state index contributed by atoms with van der Waals surface area (Å²) in [5.74, 6) is 1.13. The third-order valence-corrected chi connectivity index (χ3v) is 8.41. The lowest BCUT2D eigenvalue weighted by Gasteiger charge is -2.34. The van der Waals surface area contributed by atoms with Crippen LogP contribution >= 0.6 is 11.3 Å². The van der Waals surface area contributed by atoms with Gasteiger partial charge < -0.3 is 14.3 Å². The van der Waals surface area contributed by atoms with Crippen LogP contribution < -0.4 is 0 Å².